The summed E-state index contributed by atoms with van der Waals surface area (Å²) in [5, 5.41) is 5.51. The van der Waals surface area contributed by atoms with Crippen molar-refractivity contribution in [2.75, 3.05) is 48.4 Å². The van der Waals surface area contributed by atoms with Crippen LogP contribution >= 0.6 is 0 Å². The monoisotopic (exact) mass is 476 g/mol. The summed E-state index contributed by atoms with van der Waals surface area (Å²) in [7, 11) is 0. The largest absolute Gasteiger partial charge is 0.488 e. The Bertz CT molecular complexity index is 1390. The molecule has 4 aromatic rings. The number of carbonyl (C=O) groups is 1. The molecule has 2 aromatic carbocycles. The van der Waals surface area contributed by atoms with Crippen molar-refractivity contribution in [2.24, 2.45) is 0 Å². The van der Waals surface area contributed by atoms with Crippen LogP contribution in [0.5, 0.6) is 5.75 Å². The smallest absolute Gasteiger partial charge is 0.417 e. The lowest BCUT2D eigenvalue weighted by atomic mass is 10.2. The van der Waals surface area contributed by atoms with E-state index < -0.39 is 11.8 Å². The summed E-state index contributed by atoms with van der Waals surface area (Å²) in [6.45, 7) is 5.20. The Balaban J connectivity index is 1.28. The number of hydrogen-bond donors (Lipinski definition) is 3. The second kappa shape index (κ2) is 9.85. The van der Waals surface area contributed by atoms with Crippen LogP contribution in [0.4, 0.5) is 22.0 Å². The molecule has 5 rings (SSSR count). The van der Waals surface area contributed by atoms with Crippen LogP contribution in [0.3, 0.4) is 0 Å². The maximum absolute atomic E-state index is 12.4. The normalized spacial score (nSPS) is 13.6. The highest BCUT2D eigenvalue weighted by molar-refractivity contribution is 6.00. The van der Waals surface area contributed by atoms with Gasteiger partial charge >= 0.3 is 11.8 Å². The predicted octanol–water partition coefficient (Wildman–Crippen LogP) is 3.46. The van der Waals surface area contributed by atoms with Crippen molar-refractivity contribution in [2.45, 2.75) is 6.92 Å². The van der Waals surface area contributed by atoms with E-state index in [9.17, 15) is 9.59 Å². The lowest BCUT2D eigenvalue weighted by molar-refractivity contribution is 0.122. The van der Waals surface area contributed by atoms with Crippen molar-refractivity contribution in [1.29, 1.82) is 0 Å². The van der Waals surface area contributed by atoms with E-state index >= 15 is 0 Å². The van der Waals surface area contributed by atoms with Gasteiger partial charge in [-0.05, 0) is 49.4 Å². The molecule has 1 saturated heterocycles. The van der Waals surface area contributed by atoms with Crippen molar-refractivity contribution < 1.29 is 18.7 Å². The lowest BCUT2D eigenvalue weighted by Gasteiger charge is -2.29. The minimum atomic E-state index is -0.546. The molecule has 2 amide bonds. The molecule has 1 aliphatic heterocycles. The van der Waals surface area contributed by atoms with Crippen molar-refractivity contribution in [1.82, 2.24) is 15.0 Å². The maximum atomic E-state index is 12.4. The molecule has 1 fully saturated rings. The van der Waals surface area contributed by atoms with Gasteiger partial charge in [0.1, 0.15) is 0 Å². The number of H-pyrrole nitrogens is 1. The number of amides is 2. The van der Waals surface area contributed by atoms with Crippen LogP contribution in [0.2, 0.25) is 0 Å². The molecule has 0 aliphatic carbocycles. The first kappa shape index (κ1) is 22.4. The van der Waals surface area contributed by atoms with E-state index in [0.29, 0.717) is 53.9 Å². The molecule has 2 aromatic heterocycles. The highest BCUT2D eigenvalue weighted by atomic mass is 16.5. The van der Waals surface area contributed by atoms with Gasteiger partial charge in [0.2, 0.25) is 0 Å². The Kier molecular flexibility index (Phi) is 6.31. The second-order valence-electron chi connectivity index (χ2n) is 7.80. The van der Waals surface area contributed by atoms with Gasteiger partial charge in [0.15, 0.2) is 23.0 Å². The minimum Gasteiger partial charge on any atom is -0.488 e. The zero-order chi connectivity index (χ0) is 24.2. The molecule has 0 atom stereocenters. The number of nitrogens with one attached hydrogen (secondary N) is 3. The molecule has 3 heterocycles. The Hall–Kier alpha value is -4.38. The first-order valence-electron chi connectivity index (χ1n) is 11.2. The Morgan fingerprint density at radius 2 is 1.86 bits per heavy atom. The number of anilines is 3. The van der Waals surface area contributed by atoms with Gasteiger partial charge in [-0.3, -0.25) is 4.98 Å². The maximum Gasteiger partial charge on any atom is 0.417 e. The van der Waals surface area contributed by atoms with Crippen molar-refractivity contribution in [3.63, 3.8) is 0 Å². The van der Waals surface area contributed by atoms with Crippen LogP contribution in [0.1, 0.15) is 6.92 Å². The number of aromatic amines is 1. The lowest BCUT2D eigenvalue weighted by Crippen LogP contribution is -2.37. The van der Waals surface area contributed by atoms with Gasteiger partial charge in [0.05, 0.1) is 31.5 Å². The molecule has 1 aliphatic rings. The third-order valence-corrected chi connectivity index (χ3v) is 5.42. The van der Waals surface area contributed by atoms with E-state index in [4.69, 9.17) is 18.9 Å². The number of ether oxygens (including phenoxy) is 2. The molecule has 0 saturated carbocycles. The van der Waals surface area contributed by atoms with Crippen LogP contribution in [-0.2, 0) is 4.74 Å². The standard InChI is InChI=1S/C24H24N6O5/c1-2-34-20-14-25-21(29-22(20)30-9-11-33-12-10-30)15-3-5-16(6-4-15)26-23(31)27-17-7-8-19-18(13-17)28-24(32)35-19/h3-8,13-14H,2,9-12H2,1H3,(H,28,32)(H2,26,27,31). The fraction of sp³-hybridized carbons (Fsp3) is 0.250. The topological polar surface area (TPSA) is 135 Å². The molecule has 11 heteroatoms. The summed E-state index contributed by atoms with van der Waals surface area (Å²) in [4.78, 5) is 37.6. The number of nitrogens with zero attached hydrogens (tertiary/aromatic N) is 3. The average Bonchev–Trinajstić information content (AvgIpc) is 3.25. The average molecular weight is 476 g/mol. The number of aromatic nitrogens is 3. The fourth-order valence-corrected chi connectivity index (χ4v) is 3.79. The SMILES string of the molecule is CCOc1cnc(-c2ccc(NC(=O)Nc3ccc4oc(=O)[nH]c4c3)cc2)nc1N1CCOCC1. The fourth-order valence-electron chi connectivity index (χ4n) is 3.79. The summed E-state index contributed by atoms with van der Waals surface area (Å²) in [6, 6.07) is 11.7. The summed E-state index contributed by atoms with van der Waals surface area (Å²) < 4.78 is 16.2. The van der Waals surface area contributed by atoms with Crippen LogP contribution in [0, 0.1) is 0 Å². The quantitative estimate of drug-likeness (QED) is 0.385. The highest BCUT2D eigenvalue weighted by Crippen LogP contribution is 2.29. The molecular formula is C24H24N6O5. The van der Waals surface area contributed by atoms with Crippen LogP contribution in [0.25, 0.3) is 22.5 Å². The number of benzene rings is 2. The molecule has 0 unspecified atom stereocenters. The Morgan fingerprint density at radius 3 is 2.63 bits per heavy atom. The Labute approximate surface area is 200 Å². The van der Waals surface area contributed by atoms with Gasteiger partial charge in [-0.15, -0.1) is 0 Å². The molecular weight excluding hydrogens is 452 g/mol. The minimum absolute atomic E-state index is 0.421. The third-order valence-electron chi connectivity index (χ3n) is 5.42. The van der Waals surface area contributed by atoms with Crippen LogP contribution < -0.4 is 26.0 Å². The van der Waals surface area contributed by atoms with E-state index in [2.05, 4.69) is 25.5 Å². The summed E-state index contributed by atoms with van der Waals surface area (Å²) in [5.41, 5.74) is 2.85. The number of hydrogen-bond acceptors (Lipinski definition) is 8. The molecule has 35 heavy (non-hydrogen) atoms. The molecule has 0 radical (unpaired) electrons. The number of urea groups is 1. The van der Waals surface area contributed by atoms with Crippen molar-refractivity contribution in [3.05, 3.63) is 59.2 Å². The van der Waals surface area contributed by atoms with Gasteiger partial charge in [-0.25, -0.2) is 19.6 Å². The zero-order valence-electron chi connectivity index (χ0n) is 19.0. The third kappa shape index (κ3) is 5.09. The first-order chi connectivity index (χ1) is 17.1. The highest BCUT2D eigenvalue weighted by Gasteiger charge is 2.19. The van der Waals surface area contributed by atoms with E-state index in [0.717, 1.165) is 24.5 Å². The van der Waals surface area contributed by atoms with Crippen molar-refractivity contribution in [3.8, 4) is 17.1 Å². The molecule has 0 bridgehead atoms. The summed E-state index contributed by atoms with van der Waals surface area (Å²) in [6.07, 6.45) is 1.69. The number of morpholine rings is 1. The van der Waals surface area contributed by atoms with E-state index in [-0.39, 0.29) is 0 Å². The van der Waals surface area contributed by atoms with Crippen LogP contribution in [-0.4, -0.2) is 53.9 Å². The van der Waals surface area contributed by atoms with Gasteiger partial charge in [-0.2, -0.15) is 0 Å². The predicted molar refractivity (Wildman–Crippen MR) is 131 cm³/mol. The van der Waals surface area contributed by atoms with E-state index in [1.54, 1.807) is 36.5 Å². The molecule has 3 N–H and O–H groups in total. The van der Waals surface area contributed by atoms with E-state index in [1.165, 1.54) is 0 Å². The zero-order valence-corrected chi connectivity index (χ0v) is 19.0. The number of carbonyl (C=O) groups excluding carboxylic acids is 1. The van der Waals surface area contributed by atoms with E-state index in [1.807, 2.05) is 19.1 Å². The molecule has 180 valence electrons. The second-order valence-corrected chi connectivity index (χ2v) is 7.80. The Morgan fingerprint density at radius 1 is 1.11 bits per heavy atom. The molecule has 11 nitrogen and oxygen atoms in total. The number of fused-ring (bicyclic) bond motifs is 1. The van der Waals surface area contributed by atoms with Crippen molar-refractivity contribution >= 4 is 34.3 Å². The number of rotatable bonds is 6. The summed E-state index contributed by atoms with van der Waals surface area (Å²) in [5.74, 6) is 1.41. The van der Waals surface area contributed by atoms with Crippen LogP contribution in [0.15, 0.2) is 57.9 Å². The van der Waals surface area contributed by atoms with Gasteiger partial charge in [0.25, 0.3) is 0 Å². The van der Waals surface area contributed by atoms with Gasteiger partial charge in [-0.1, -0.05) is 0 Å². The number of oxazole rings is 1. The first-order valence-corrected chi connectivity index (χ1v) is 11.2. The summed E-state index contributed by atoms with van der Waals surface area (Å²) >= 11 is 0. The van der Waals surface area contributed by atoms with Gasteiger partial charge < -0.3 is 29.4 Å². The van der Waals surface area contributed by atoms with Gasteiger partial charge in [0, 0.05) is 30.0 Å². The molecule has 0 spiro atoms.